The Bertz CT molecular complexity index is 666. The quantitative estimate of drug-likeness (QED) is 0.782. The first kappa shape index (κ1) is 17.4. The van der Waals surface area contributed by atoms with E-state index in [1.807, 2.05) is 0 Å². The van der Waals surface area contributed by atoms with E-state index in [1.165, 1.54) is 12.1 Å². The van der Waals surface area contributed by atoms with Crippen molar-refractivity contribution < 1.29 is 23.6 Å². The van der Waals surface area contributed by atoms with Crippen LogP contribution in [-0.2, 0) is 19.2 Å². The smallest absolute Gasteiger partial charge is 0.309 e. The van der Waals surface area contributed by atoms with Crippen molar-refractivity contribution in [1.29, 1.82) is 0 Å². The third-order valence-electron chi connectivity index (χ3n) is 4.55. The van der Waals surface area contributed by atoms with Crippen molar-refractivity contribution in [2.75, 3.05) is 19.7 Å². The molecule has 0 spiro atoms. The molecule has 6 nitrogen and oxygen atoms in total. The third-order valence-corrected chi connectivity index (χ3v) is 4.55. The molecule has 0 aliphatic carbocycles. The average molecular weight is 348 g/mol. The lowest BCUT2D eigenvalue weighted by Crippen LogP contribution is -2.45. The van der Waals surface area contributed by atoms with Gasteiger partial charge in [0, 0.05) is 19.5 Å². The Morgan fingerprint density at radius 1 is 1.28 bits per heavy atom. The van der Waals surface area contributed by atoms with Crippen LogP contribution in [0.3, 0.4) is 0 Å². The summed E-state index contributed by atoms with van der Waals surface area (Å²) in [4.78, 5) is 31.3. The van der Waals surface area contributed by atoms with Crippen molar-refractivity contribution in [3.05, 3.63) is 35.6 Å². The van der Waals surface area contributed by atoms with Crippen LogP contribution in [-0.4, -0.2) is 48.3 Å². The number of benzene rings is 1. The molecule has 0 radical (unpaired) electrons. The maximum Gasteiger partial charge on any atom is 0.309 e. The van der Waals surface area contributed by atoms with Crippen LogP contribution in [0.4, 0.5) is 4.39 Å². The highest BCUT2D eigenvalue weighted by atomic mass is 19.1. The monoisotopic (exact) mass is 348 g/mol. The van der Waals surface area contributed by atoms with Gasteiger partial charge in [-0.25, -0.2) is 4.39 Å². The molecule has 0 bridgehead atoms. The van der Waals surface area contributed by atoms with Gasteiger partial charge in [-0.05, 0) is 37.5 Å². The molecule has 25 heavy (non-hydrogen) atoms. The van der Waals surface area contributed by atoms with E-state index in [-0.39, 0.29) is 23.6 Å². The van der Waals surface area contributed by atoms with Crippen molar-refractivity contribution in [2.45, 2.75) is 32.3 Å². The number of halogens is 1. The highest BCUT2D eigenvalue weighted by Gasteiger charge is 2.35. The van der Waals surface area contributed by atoms with Crippen LogP contribution in [0.1, 0.15) is 31.7 Å². The van der Waals surface area contributed by atoms with E-state index in [2.05, 4.69) is 5.16 Å². The zero-order valence-corrected chi connectivity index (χ0v) is 14.1. The van der Waals surface area contributed by atoms with Gasteiger partial charge in [0.2, 0.25) is 6.10 Å². The molecule has 0 aromatic heterocycles. The molecule has 1 unspecified atom stereocenters. The number of esters is 1. The Hall–Kier alpha value is -2.44. The van der Waals surface area contributed by atoms with Gasteiger partial charge in [-0.2, -0.15) is 0 Å². The van der Waals surface area contributed by atoms with Gasteiger partial charge in [0.05, 0.1) is 18.2 Å². The van der Waals surface area contributed by atoms with Crippen LogP contribution in [0, 0.1) is 11.7 Å². The maximum atomic E-state index is 13.0. The number of rotatable bonds is 4. The molecule has 1 fully saturated rings. The molecule has 2 aliphatic heterocycles. The molecule has 1 atom stereocenters. The van der Waals surface area contributed by atoms with E-state index >= 15 is 0 Å². The van der Waals surface area contributed by atoms with E-state index in [0.717, 1.165) is 5.56 Å². The van der Waals surface area contributed by atoms with Gasteiger partial charge in [-0.15, -0.1) is 0 Å². The first-order chi connectivity index (χ1) is 12.1. The topological polar surface area (TPSA) is 68.2 Å². The molecule has 1 aromatic carbocycles. The molecule has 2 aliphatic rings. The van der Waals surface area contributed by atoms with Crippen molar-refractivity contribution in [3.63, 3.8) is 0 Å². The van der Waals surface area contributed by atoms with Gasteiger partial charge in [-0.3, -0.25) is 9.59 Å². The number of carbonyl (C=O) groups excluding carboxylic acids is 2. The van der Waals surface area contributed by atoms with Crippen molar-refractivity contribution in [1.82, 2.24) is 4.90 Å². The van der Waals surface area contributed by atoms with Gasteiger partial charge in [0.15, 0.2) is 0 Å². The molecule has 2 heterocycles. The van der Waals surface area contributed by atoms with Gasteiger partial charge >= 0.3 is 5.97 Å². The third kappa shape index (κ3) is 3.97. The predicted molar refractivity (Wildman–Crippen MR) is 88.4 cm³/mol. The minimum absolute atomic E-state index is 0.122. The summed E-state index contributed by atoms with van der Waals surface area (Å²) >= 11 is 0. The fourth-order valence-electron chi connectivity index (χ4n) is 3.12. The largest absolute Gasteiger partial charge is 0.466 e. The van der Waals surface area contributed by atoms with Crippen LogP contribution < -0.4 is 0 Å². The highest BCUT2D eigenvalue weighted by molar-refractivity contribution is 6.04. The van der Waals surface area contributed by atoms with Crippen molar-refractivity contribution in [2.24, 2.45) is 11.1 Å². The van der Waals surface area contributed by atoms with Crippen molar-refractivity contribution >= 4 is 17.6 Å². The summed E-state index contributed by atoms with van der Waals surface area (Å²) in [5, 5.41) is 3.97. The highest BCUT2D eigenvalue weighted by Crippen LogP contribution is 2.23. The molecule has 7 heteroatoms. The summed E-state index contributed by atoms with van der Waals surface area (Å²) in [7, 11) is 0. The summed E-state index contributed by atoms with van der Waals surface area (Å²) in [6, 6.07) is 5.95. The normalized spacial score (nSPS) is 20.8. The van der Waals surface area contributed by atoms with Crippen LogP contribution in [0.15, 0.2) is 29.4 Å². The van der Waals surface area contributed by atoms with Crippen molar-refractivity contribution in [3.8, 4) is 0 Å². The average Bonchev–Trinajstić information content (AvgIpc) is 3.12. The zero-order chi connectivity index (χ0) is 17.8. The Kier molecular flexibility index (Phi) is 5.31. The summed E-state index contributed by atoms with van der Waals surface area (Å²) in [5.41, 5.74) is 1.39. The SMILES string of the molecule is CCOC(=O)C1CCN(C(=O)C2CC(c3ccc(F)cc3)=NO2)CC1. The minimum Gasteiger partial charge on any atom is -0.466 e. The van der Waals surface area contributed by atoms with Gasteiger partial charge in [0.1, 0.15) is 5.82 Å². The lowest BCUT2D eigenvalue weighted by molar-refractivity contribution is -0.153. The molecule has 0 saturated carbocycles. The number of amides is 1. The Labute approximate surface area is 145 Å². The molecule has 3 rings (SSSR count). The predicted octanol–water partition coefficient (Wildman–Crippen LogP) is 2.12. The zero-order valence-electron chi connectivity index (χ0n) is 14.1. The first-order valence-electron chi connectivity index (χ1n) is 8.52. The van der Waals surface area contributed by atoms with Gasteiger partial charge < -0.3 is 14.5 Å². The molecule has 1 aromatic rings. The summed E-state index contributed by atoms with van der Waals surface area (Å²) in [6.45, 7) is 3.17. The second kappa shape index (κ2) is 7.63. The van der Waals surface area contributed by atoms with E-state index in [0.29, 0.717) is 44.7 Å². The number of carbonyl (C=O) groups is 2. The number of hydrogen-bond donors (Lipinski definition) is 0. The van der Waals surface area contributed by atoms with E-state index in [9.17, 15) is 14.0 Å². The van der Waals surface area contributed by atoms with Gasteiger partial charge in [-0.1, -0.05) is 17.3 Å². The van der Waals surface area contributed by atoms with Crippen LogP contribution in [0.25, 0.3) is 0 Å². The van der Waals surface area contributed by atoms with E-state index < -0.39 is 6.10 Å². The molecular formula is C18H21FN2O4. The van der Waals surface area contributed by atoms with Crippen LogP contribution in [0.2, 0.25) is 0 Å². The van der Waals surface area contributed by atoms with Crippen LogP contribution in [0.5, 0.6) is 0 Å². The van der Waals surface area contributed by atoms with Gasteiger partial charge in [0.25, 0.3) is 5.91 Å². The number of hydrogen-bond acceptors (Lipinski definition) is 5. The number of ether oxygens (including phenoxy) is 1. The lowest BCUT2D eigenvalue weighted by Gasteiger charge is -2.31. The number of piperidine rings is 1. The summed E-state index contributed by atoms with van der Waals surface area (Å²) in [6.07, 6.45) is 0.910. The fourth-order valence-corrected chi connectivity index (χ4v) is 3.12. The number of oxime groups is 1. The van der Waals surface area contributed by atoms with E-state index in [1.54, 1.807) is 24.0 Å². The van der Waals surface area contributed by atoms with Crippen LogP contribution >= 0.6 is 0 Å². The second-order valence-corrected chi connectivity index (χ2v) is 6.19. The Balaban J connectivity index is 1.52. The summed E-state index contributed by atoms with van der Waals surface area (Å²) in [5.74, 6) is -0.767. The molecule has 134 valence electrons. The minimum atomic E-state index is -0.654. The first-order valence-corrected chi connectivity index (χ1v) is 8.52. The lowest BCUT2D eigenvalue weighted by atomic mass is 9.96. The standard InChI is InChI=1S/C18H21FN2O4/c1-2-24-18(23)13-7-9-21(10-8-13)17(22)16-11-15(20-25-16)12-3-5-14(19)6-4-12/h3-6,13,16H,2,7-11H2,1H3. The summed E-state index contributed by atoms with van der Waals surface area (Å²) < 4.78 is 18.0. The van der Waals surface area contributed by atoms with E-state index in [4.69, 9.17) is 9.57 Å². The Morgan fingerprint density at radius 3 is 2.60 bits per heavy atom. The molecule has 1 saturated heterocycles. The second-order valence-electron chi connectivity index (χ2n) is 6.19. The Morgan fingerprint density at radius 2 is 1.96 bits per heavy atom. The fraction of sp³-hybridized carbons (Fsp3) is 0.500. The molecule has 0 N–H and O–H groups in total. The molecule has 1 amide bonds. The maximum absolute atomic E-state index is 13.0. The molecular weight excluding hydrogens is 327 g/mol. The number of nitrogens with zero attached hydrogens (tertiary/aromatic N) is 2. The number of likely N-dealkylation sites (tertiary alicyclic amines) is 1.